The molecular formula is C21H26F3N7O. The Morgan fingerprint density at radius 2 is 1.97 bits per heavy atom. The van der Waals surface area contributed by atoms with Crippen LogP contribution in [0.3, 0.4) is 0 Å². The molecule has 4 heterocycles. The number of aromatic nitrogens is 3. The number of likely N-dealkylation sites (tertiary alicyclic amines) is 2. The van der Waals surface area contributed by atoms with Crippen LogP contribution in [0.2, 0.25) is 0 Å². The van der Waals surface area contributed by atoms with Crippen molar-refractivity contribution in [3.05, 3.63) is 42.3 Å². The lowest BCUT2D eigenvalue weighted by Gasteiger charge is -2.34. The van der Waals surface area contributed by atoms with Gasteiger partial charge in [-0.05, 0) is 32.1 Å². The van der Waals surface area contributed by atoms with Gasteiger partial charge in [-0.15, -0.1) is 0 Å². The van der Waals surface area contributed by atoms with Gasteiger partial charge in [-0.25, -0.2) is 9.97 Å². The molecule has 1 N–H and O–H groups in total. The second-order valence-electron chi connectivity index (χ2n) is 8.08. The number of imidazole rings is 1. The molecule has 8 nitrogen and oxygen atoms in total. The predicted molar refractivity (Wildman–Crippen MR) is 115 cm³/mol. The molecule has 1 atom stereocenters. The van der Waals surface area contributed by atoms with Gasteiger partial charge in [0.15, 0.2) is 11.3 Å². The molecule has 32 heavy (non-hydrogen) atoms. The third-order valence-electron chi connectivity index (χ3n) is 6.00. The van der Waals surface area contributed by atoms with Gasteiger partial charge in [0.05, 0.1) is 30.7 Å². The van der Waals surface area contributed by atoms with Crippen molar-refractivity contribution in [2.45, 2.75) is 44.1 Å². The van der Waals surface area contributed by atoms with Crippen LogP contribution in [0, 0.1) is 0 Å². The molecular weight excluding hydrogens is 423 g/mol. The van der Waals surface area contributed by atoms with E-state index in [9.17, 15) is 18.3 Å². The van der Waals surface area contributed by atoms with Crippen molar-refractivity contribution in [2.24, 2.45) is 9.98 Å². The summed E-state index contributed by atoms with van der Waals surface area (Å²) in [6.45, 7) is 7.01. The summed E-state index contributed by atoms with van der Waals surface area (Å²) in [5.41, 5.74) is -0.106. The minimum absolute atomic E-state index is 0.163. The summed E-state index contributed by atoms with van der Waals surface area (Å²) in [7, 11) is 0. The molecule has 2 aliphatic rings. The van der Waals surface area contributed by atoms with Gasteiger partial charge in [0.1, 0.15) is 5.84 Å². The highest BCUT2D eigenvalue weighted by Crippen LogP contribution is 2.27. The van der Waals surface area contributed by atoms with E-state index in [1.54, 1.807) is 12.3 Å². The van der Waals surface area contributed by atoms with Crippen LogP contribution in [-0.2, 0) is 12.7 Å². The first-order chi connectivity index (χ1) is 15.3. The van der Waals surface area contributed by atoms with Crippen LogP contribution in [0.15, 0.2) is 40.9 Å². The van der Waals surface area contributed by atoms with Gasteiger partial charge >= 0.3 is 6.18 Å². The van der Waals surface area contributed by atoms with Gasteiger partial charge in [0.25, 0.3) is 0 Å². The number of alkyl halides is 3. The number of nitrogens with zero attached hydrogens (tertiary/aromatic N) is 7. The number of hydrogen-bond acceptors (Lipinski definition) is 6. The normalized spacial score (nSPS) is 21.8. The first kappa shape index (κ1) is 22.4. The number of hydrogen-bond donors (Lipinski definition) is 1. The molecule has 0 amide bonds. The highest BCUT2D eigenvalue weighted by Gasteiger charge is 2.33. The Labute approximate surface area is 183 Å². The average Bonchev–Trinajstić information content (AvgIpc) is 3.41. The number of fused-ring (bicyclic) bond motifs is 1. The van der Waals surface area contributed by atoms with Crippen LogP contribution in [-0.4, -0.2) is 80.2 Å². The maximum atomic E-state index is 13.0. The summed E-state index contributed by atoms with van der Waals surface area (Å²) >= 11 is 0. The van der Waals surface area contributed by atoms with Crippen LogP contribution < -0.4 is 0 Å². The van der Waals surface area contributed by atoms with Crippen molar-refractivity contribution in [1.29, 1.82) is 0 Å². The Hall–Kier alpha value is -2.79. The molecule has 11 heteroatoms. The zero-order valence-electron chi connectivity index (χ0n) is 17.6. The van der Waals surface area contributed by atoms with E-state index < -0.39 is 11.9 Å². The fourth-order valence-corrected chi connectivity index (χ4v) is 4.24. The molecule has 2 fully saturated rings. The lowest BCUT2D eigenvalue weighted by Crippen LogP contribution is -2.44. The molecule has 2 saturated heterocycles. The third-order valence-corrected chi connectivity index (χ3v) is 6.00. The topological polar surface area (TPSA) is 81.6 Å². The van der Waals surface area contributed by atoms with Crippen molar-refractivity contribution in [3.63, 3.8) is 0 Å². The standard InChI is InChI=1S/C21H26F3N7O/c1-25-6-2-19(30-7-3-15(13-30)29-8-4-17(32)5-9-29)27-10-16-11-28-20-12-26-18(14-31(16)20)21(22,23)24/h2,6,11-12,14-15,17,32H,1,3-5,7-10,13H2/b6-2-,27-19+. The number of aliphatic hydroxyl groups excluding tert-OH is 1. The van der Waals surface area contributed by atoms with Crippen molar-refractivity contribution in [1.82, 2.24) is 24.2 Å². The molecule has 0 aliphatic carbocycles. The summed E-state index contributed by atoms with van der Waals surface area (Å²) in [6, 6.07) is 0.383. The zero-order chi connectivity index (χ0) is 22.7. The molecule has 0 saturated carbocycles. The summed E-state index contributed by atoms with van der Waals surface area (Å²) in [4.78, 5) is 20.6. The fraction of sp³-hybridized carbons (Fsp3) is 0.524. The van der Waals surface area contributed by atoms with Crippen molar-refractivity contribution < 1.29 is 18.3 Å². The van der Waals surface area contributed by atoms with Gasteiger partial charge in [0, 0.05) is 44.6 Å². The summed E-state index contributed by atoms with van der Waals surface area (Å²) in [5.74, 6) is 0.706. The second kappa shape index (κ2) is 9.37. The zero-order valence-corrected chi connectivity index (χ0v) is 17.6. The van der Waals surface area contributed by atoms with E-state index in [0.717, 1.165) is 57.8 Å². The van der Waals surface area contributed by atoms with Crippen LogP contribution >= 0.6 is 0 Å². The molecule has 0 bridgehead atoms. The van der Waals surface area contributed by atoms with E-state index in [0.29, 0.717) is 23.2 Å². The van der Waals surface area contributed by atoms with Gasteiger partial charge < -0.3 is 10.0 Å². The number of halogens is 3. The largest absolute Gasteiger partial charge is 0.434 e. The number of aliphatic imine (C=N–C) groups is 2. The van der Waals surface area contributed by atoms with Crippen molar-refractivity contribution >= 4 is 18.2 Å². The number of rotatable bonds is 5. The van der Waals surface area contributed by atoms with E-state index >= 15 is 0 Å². The quantitative estimate of drug-likeness (QED) is 0.560. The summed E-state index contributed by atoms with van der Waals surface area (Å²) in [6.07, 6.45) is 4.73. The van der Waals surface area contributed by atoms with Crippen LogP contribution in [0.5, 0.6) is 0 Å². The summed E-state index contributed by atoms with van der Waals surface area (Å²) < 4.78 is 40.5. The van der Waals surface area contributed by atoms with Crippen molar-refractivity contribution in [3.8, 4) is 0 Å². The maximum absolute atomic E-state index is 13.0. The van der Waals surface area contributed by atoms with Crippen LogP contribution in [0.4, 0.5) is 13.2 Å². The van der Waals surface area contributed by atoms with Gasteiger partial charge in [-0.3, -0.25) is 19.3 Å². The molecule has 0 radical (unpaired) electrons. The Kier molecular flexibility index (Phi) is 6.56. The SMILES string of the molecule is C=N/C=C\C(=N/Cc1cnc2cnc(C(F)(F)F)cn12)N1CCC(N2CCC(O)CC2)C1. The second-order valence-corrected chi connectivity index (χ2v) is 8.08. The molecule has 0 aromatic carbocycles. The van der Waals surface area contributed by atoms with Gasteiger partial charge in [-0.1, -0.05) is 0 Å². The van der Waals surface area contributed by atoms with E-state index in [1.165, 1.54) is 10.6 Å². The first-order valence-electron chi connectivity index (χ1n) is 10.6. The Morgan fingerprint density at radius 3 is 2.69 bits per heavy atom. The highest BCUT2D eigenvalue weighted by molar-refractivity contribution is 5.93. The number of amidine groups is 1. The number of aliphatic hydroxyl groups is 1. The van der Waals surface area contributed by atoms with Crippen molar-refractivity contribution in [2.75, 3.05) is 26.2 Å². The maximum Gasteiger partial charge on any atom is 0.434 e. The molecule has 2 aromatic heterocycles. The Bertz CT molecular complexity index is 1010. The Morgan fingerprint density at radius 1 is 1.19 bits per heavy atom. The molecule has 2 aromatic rings. The number of piperidine rings is 1. The smallest absolute Gasteiger partial charge is 0.393 e. The molecule has 0 spiro atoms. The Balaban J connectivity index is 1.51. The first-order valence-corrected chi connectivity index (χ1v) is 10.6. The van der Waals surface area contributed by atoms with E-state index in [2.05, 4.69) is 36.5 Å². The molecule has 1 unspecified atom stereocenters. The van der Waals surface area contributed by atoms with Gasteiger partial charge in [0.2, 0.25) is 0 Å². The fourth-order valence-electron chi connectivity index (χ4n) is 4.24. The van der Waals surface area contributed by atoms with Gasteiger partial charge in [-0.2, -0.15) is 13.2 Å². The third kappa shape index (κ3) is 4.99. The monoisotopic (exact) mass is 449 g/mol. The molecule has 172 valence electrons. The summed E-state index contributed by atoms with van der Waals surface area (Å²) in [5, 5.41) is 9.75. The molecule has 4 rings (SSSR count). The predicted octanol–water partition coefficient (Wildman–Crippen LogP) is 2.39. The van der Waals surface area contributed by atoms with E-state index in [1.807, 2.05) is 0 Å². The lowest BCUT2D eigenvalue weighted by molar-refractivity contribution is -0.141. The minimum atomic E-state index is -4.53. The van der Waals surface area contributed by atoms with E-state index in [-0.39, 0.29) is 12.6 Å². The lowest BCUT2D eigenvalue weighted by atomic mass is 10.1. The average molecular weight is 449 g/mol. The van der Waals surface area contributed by atoms with Crippen LogP contribution in [0.1, 0.15) is 30.7 Å². The minimum Gasteiger partial charge on any atom is -0.393 e. The van der Waals surface area contributed by atoms with Crippen LogP contribution in [0.25, 0.3) is 5.65 Å². The molecule has 2 aliphatic heterocycles. The highest BCUT2D eigenvalue weighted by atomic mass is 19.4. The van der Waals surface area contributed by atoms with E-state index in [4.69, 9.17) is 0 Å².